The van der Waals surface area contributed by atoms with Crippen molar-refractivity contribution in [3.8, 4) is 5.75 Å². The minimum Gasteiger partial charge on any atom is -0.507 e. The van der Waals surface area contributed by atoms with Crippen LogP contribution in [-0.4, -0.2) is 65.5 Å². The molecule has 0 spiro atoms. The molecule has 2 heterocycles. The van der Waals surface area contributed by atoms with Gasteiger partial charge >= 0.3 is 5.97 Å². The summed E-state index contributed by atoms with van der Waals surface area (Å²) in [6, 6.07) is 9.61. The molecule has 1 saturated heterocycles. The van der Waals surface area contributed by atoms with Gasteiger partial charge in [0.2, 0.25) is 0 Å². The third-order valence-corrected chi connectivity index (χ3v) is 4.96. The van der Waals surface area contributed by atoms with Gasteiger partial charge in [-0.25, -0.2) is 4.79 Å². The lowest BCUT2D eigenvalue weighted by atomic mass is 10.2. The number of benzene rings is 1. The molecule has 1 fully saturated rings. The largest absolute Gasteiger partial charge is 0.507 e. The predicted octanol–water partition coefficient (Wildman–Crippen LogP) is 1.60. The zero-order valence-electron chi connectivity index (χ0n) is 14.0. The fourth-order valence-corrected chi connectivity index (χ4v) is 3.35. The Morgan fingerprint density at radius 2 is 1.69 bits per heavy atom. The maximum Gasteiger partial charge on any atom is 0.342 e. The highest BCUT2D eigenvalue weighted by atomic mass is 32.1. The Balaban J connectivity index is 1.47. The molecule has 0 saturated carbocycles. The Bertz CT molecular complexity index is 798. The van der Waals surface area contributed by atoms with E-state index in [9.17, 15) is 19.5 Å². The lowest BCUT2D eigenvalue weighted by Gasteiger charge is -2.34. The van der Waals surface area contributed by atoms with Crippen molar-refractivity contribution in [3.05, 3.63) is 52.2 Å². The molecule has 1 aliphatic rings. The van der Waals surface area contributed by atoms with Gasteiger partial charge in [0.15, 0.2) is 6.61 Å². The van der Waals surface area contributed by atoms with Gasteiger partial charge < -0.3 is 19.6 Å². The third-order valence-electron chi connectivity index (χ3n) is 4.10. The number of para-hydroxylation sites is 1. The standard InChI is InChI=1S/C18H18N2O5S/c21-14-5-2-1-4-13(14)18(24)25-12-16(22)19-7-9-20(10-8-19)17(23)15-6-3-11-26-15/h1-6,11,21H,7-10,12H2. The van der Waals surface area contributed by atoms with Crippen LogP contribution in [0.25, 0.3) is 0 Å². The number of carbonyl (C=O) groups excluding carboxylic acids is 3. The molecule has 0 bridgehead atoms. The van der Waals surface area contributed by atoms with Crippen molar-refractivity contribution in [3.63, 3.8) is 0 Å². The van der Waals surface area contributed by atoms with Crippen LogP contribution in [0, 0.1) is 0 Å². The van der Waals surface area contributed by atoms with Crippen LogP contribution in [0.5, 0.6) is 5.75 Å². The summed E-state index contributed by atoms with van der Waals surface area (Å²) in [4.78, 5) is 40.4. The minimum absolute atomic E-state index is 0.0201. The van der Waals surface area contributed by atoms with Crippen LogP contribution in [0.1, 0.15) is 20.0 Å². The van der Waals surface area contributed by atoms with Crippen molar-refractivity contribution in [2.45, 2.75) is 0 Å². The van der Waals surface area contributed by atoms with Crippen LogP contribution in [0.4, 0.5) is 0 Å². The molecule has 1 aromatic heterocycles. The number of carbonyl (C=O) groups is 3. The average Bonchev–Trinajstić information content (AvgIpc) is 3.20. The minimum atomic E-state index is -0.747. The highest BCUT2D eigenvalue weighted by Gasteiger charge is 2.26. The van der Waals surface area contributed by atoms with Crippen LogP contribution in [0.2, 0.25) is 0 Å². The first-order valence-electron chi connectivity index (χ1n) is 8.12. The Kier molecular flexibility index (Phi) is 5.52. The van der Waals surface area contributed by atoms with E-state index in [1.807, 2.05) is 11.4 Å². The molecule has 26 heavy (non-hydrogen) atoms. The molecule has 0 unspecified atom stereocenters. The van der Waals surface area contributed by atoms with Gasteiger partial charge in [0.05, 0.1) is 4.88 Å². The Morgan fingerprint density at radius 3 is 2.35 bits per heavy atom. The summed E-state index contributed by atoms with van der Waals surface area (Å²) in [5, 5.41) is 11.5. The van der Waals surface area contributed by atoms with Gasteiger partial charge in [-0.15, -0.1) is 11.3 Å². The lowest BCUT2D eigenvalue weighted by Crippen LogP contribution is -2.51. The SMILES string of the molecule is O=C(OCC(=O)N1CCN(C(=O)c2cccs2)CC1)c1ccccc1O. The van der Waals surface area contributed by atoms with E-state index in [-0.39, 0.29) is 23.1 Å². The molecular weight excluding hydrogens is 356 g/mol. The zero-order valence-corrected chi connectivity index (χ0v) is 14.8. The number of nitrogens with zero attached hydrogens (tertiary/aromatic N) is 2. The number of esters is 1. The number of piperazine rings is 1. The fourth-order valence-electron chi connectivity index (χ4n) is 2.66. The molecule has 7 nitrogen and oxygen atoms in total. The second kappa shape index (κ2) is 8.01. The summed E-state index contributed by atoms with van der Waals surface area (Å²) in [6.07, 6.45) is 0. The van der Waals surface area contributed by atoms with Crippen LogP contribution < -0.4 is 0 Å². The number of thiophene rings is 1. The highest BCUT2D eigenvalue weighted by molar-refractivity contribution is 7.12. The zero-order chi connectivity index (χ0) is 18.5. The van der Waals surface area contributed by atoms with Crippen LogP contribution in [0.3, 0.4) is 0 Å². The van der Waals surface area contributed by atoms with Crippen molar-refractivity contribution in [1.29, 1.82) is 0 Å². The predicted molar refractivity (Wildman–Crippen MR) is 95.2 cm³/mol. The Labute approximate surface area is 154 Å². The van der Waals surface area contributed by atoms with E-state index in [2.05, 4.69) is 0 Å². The van der Waals surface area contributed by atoms with Gasteiger partial charge in [0.25, 0.3) is 11.8 Å². The van der Waals surface area contributed by atoms with Crippen molar-refractivity contribution < 1.29 is 24.2 Å². The highest BCUT2D eigenvalue weighted by Crippen LogP contribution is 2.17. The first-order valence-corrected chi connectivity index (χ1v) is 9.00. The second-order valence-corrected chi connectivity index (χ2v) is 6.69. The van der Waals surface area contributed by atoms with Crippen LogP contribution in [-0.2, 0) is 9.53 Å². The van der Waals surface area contributed by atoms with Crippen LogP contribution >= 0.6 is 11.3 Å². The molecule has 0 aliphatic carbocycles. The summed E-state index contributed by atoms with van der Waals surface area (Å²) in [5.74, 6) is -1.29. The summed E-state index contributed by atoms with van der Waals surface area (Å²) in [7, 11) is 0. The summed E-state index contributed by atoms with van der Waals surface area (Å²) < 4.78 is 4.99. The third kappa shape index (κ3) is 4.02. The number of phenolic OH excluding ortho intramolecular Hbond substituents is 1. The number of aromatic hydroxyl groups is 1. The van der Waals surface area contributed by atoms with Gasteiger partial charge in [-0.2, -0.15) is 0 Å². The van der Waals surface area contributed by atoms with E-state index < -0.39 is 12.6 Å². The maximum absolute atomic E-state index is 12.3. The second-order valence-electron chi connectivity index (χ2n) is 5.74. The molecule has 2 aromatic rings. The molecule has 2 amide bonds. The van der Waals surface area contributed by atoms with Crippen molar-refractivity contribution >= 4 is 29.1 Å². The molecule has 1 aromatic carbocycles. The molecule has 1 N–H and O–H groups in total. The molecule has 3 rings (SSSR count). The van der Waals surface area contributed by atoms with Gasteiger partial charge in [-0.05, 0) is 23.6 Å². The average molecular weight is 374 g/mol. The first-order chi connectivity index (χ1) is 12.6. The van der Waals surface area contributed by atoms with Crippen molar-refractivity contribution in [2.75, 3.05) is 32.8 Å². The molecule has 136 valence electrons. The lowest BCUT2D eigenvalue weighted by molar-refractivity contribution is -0.136. The van der Waals surface area contributed by atoms with Crippen molar-refractivity contribution in [2.24, 2.45) is 0 Å². The monoisotopic (exact) mass is 374 g/mol. The van der Waals surface area contributed by atoms with Gasteiger partial charge in [-0.3, -0.25) is 9.59 Å². The first kappa shape index (κ1) is 17.9. The quantitative estimate of drug-likeness (QED) is 0.822. The van der Waals surface area contributed by atoms with Gasteiger partial charge in [0.1, 0.15) is 11.3 Å². The topological polar surface area (TPSA) is 87.2 Å². The van der Waals surface area contributed by atoms with E-state index in [1.165, 1.54) is 23.5 Å². The van der Waals surface area contributed by atoms with E-state index >= 15 is 0 Å². The maximum atomic E-state index is 12.3. The Hall–Kier alpha value is -2.87. The van der Waals surface area contributed by atoms with E-state index in [0.29, 0.717) is 31.1 Å². The molecule has 8 heteroatoms. The van der Waals surface area contributed by atoms with E-state index in [1.54, 1.807) is 28.0 Å². The molecule has 0 radical (unpaired) electrons. The van der Waals surface area contributed by atoms with E-state index in [4.69, 9.17) is 4.74 Å². The molecule has 0 atom stereocenters. The summed E-state index contributed by atoms with van der Waals surface area (Å²) in [5.41, 5.74) is 0.0201. The summed E-state index contributed by atoms with van der Waals surface area (Å²) in [6.45, 7) is 1.27. The normalized spacial score (nSPS) is 14.2. The fraction of sp³-hybridized carbons (Fsp3) is 0.278. The molecule has 1 aliphatic heterocycles. The van der Waals surface area contributed by atoms with Gasteiger partial charge in [0, 0.05) is 26.2 Å². The van der Waals surface area contributed by atoms with Crippen LogP contribution in [0.15, 0.2) is 41.8 Å². The number of ether oxygens (including phenoxy) is 1. The van der Waals surface area contributed by atoms with Gasteiger partial charge in [-0.1, -0.05) is 18.2 Å². The van der Waals surface area contributed by atoms with Crippen molar-refractivity contribution in [1.82, 2.24) is 9.80 Å². The number of hydrogen-bond donors (Lipinski definition) is 1. The molecular formula is C18H18N2O5S. The Morgan fingerprint density at radius 1 is 1.00 bits per heavy atom. The number of hydrogen-bond acceptors (Lipinski definition) is 6. The number of amides is 2. The van der Waals surface area contributed by atoms with E-state index in [0.717, 1.165) is 0 Å². The number of rotatable bonds is 4. The number of phenols is 1. The smallest absolute Gasteiger partial charge is 0.342 e. The summed E-state index contributed by atoms with van der Waals surface area (Å²) >= 11 is 1.39.